The van der Waals surface area contributed by atoms with Gasteiger partial charge in [-0.1, -0.05) is 44.0 Å². The summed E-state index contributed by atoms with van der Waals surface area (Å²) < 4.78 is 1.86. The van der Waals surface area contributed by atoms with Crippen molar-refractivity contribution >= 4 is 76.6 Å². The molecule has 28 heavy (non-hydrogen) atoms. The summed E-state index contributed by atoms with van der Waals surface area (Å²) in [6.07, 6.45) is 0. The maximum absolute atomic E-state index is 13.0. The van der Waals surface area contributed by atoms with Crippen molar-refractivity contribution < 1.29 is 9.59 Å². The number of hydrogen-bond acceptors (Lipinski definition) is 2. The Labute approximate surface area is 177 Å². The molecule has 6 heteroatoms. The quantitative estimate of drug-likeness (QED) is 0.299. The minimum atomic E-state index is -0.255. The summed E-state index contributed by atoms with van der Waals surface area (Å²) in [6.45, 7) is 0. The molecule has 4 nitrogen and oxygen atoms in total. The maximum atomic E-state index is 13.0. The van der Waals surface area contributed by atoms with E-state index in [0.717, 1.165) is 30.5 Å². The highest BCUT2D eigenvalue weighted by Crippen LogP contribution is 2.32. The molecule has 4 aromatic carbocycles. The zero-order valence-corrected chi connectivity index (χ0v) is 17.5. The third-order valence-electron chi connectivity index (χ3n) is 4.86. The molecule has 0 saturated carbocycles. The zero-order valence-electron chi connectivity index (χ0n) is 14.3. The summed E-state index contributed by atoms with van der Waals surface area (Å²) in [4.78, 5) is 25.9. The van der Waals surface area contributed by atoms with Gasteiger partial charge < -0.3 is 10.6 Å². The fourth-order valence-electron chi connectivity index (χ4n) is 3.50. The molecule has 2 N–H and O–H groups in total. The number of carbonyl (C=O) groups excluding carboxylic acids is 2. The molecule has 0 aliphatic carbocycles. The van der Waals surface area contributed by atoms with Gasteiger partial charge in [0.05, 0.1) is 22.5 Å². The number of anilines is 2. The number of nitrogens with one attached hydrogen (secondary N) is 2. The van der Waals surface area contributed by atoms with Crippen LogP contribution in [0.3, 0.4) is 0 Å². The van der Waals surface area contributed by atoms with Gasteiger partial charge >= 0.3 is 0 Å². The molecule has 4 aromatic rings. The first kappa shape index (κ1) is 17.4. The summed E-state index contributed by atoms with van der Waals surface area (Å²) in [5.41, 5.74) is 1.86. The summed E-state index contributed by atoms with van der Waals surface area (Å²) in [6, 6.07) is 18.9. The molecule has 0 fully saturated rings. The Bertz CT molecular complexity index is 1230. The molecular formula is C22H12Br2N2O2. The second-order valence-corrected chi connectivity index (χ2v) is 8.52. The van der Waals surface area contributed by atoms with Gasteiger partial charge in [-0.2, -0.15) is 0 Å². The van der Waals surface area contributed by atoms with Crippen molar-refractivity contribution in [3.05, 3.63) is 80.7 Å². The molecule has 0 atom stereocenters. The largest absolute Gasteiger partial charge is 0.321 e. The Kier molecular flexibility index (Phi) is 4.00. The van der Waals surface area contributed by atoms with Gasteiger partial charge in [0, 0.05) is 8.95 Å². The lowest BCUT2D eigenvalue weighted by molar-refractivity contribution is 0.102. The molecule has 0 bridgehead atoms. The van der Waals surface area contributed by atoms with Crippen molar-refractivity contribution in [3.8, 4) is 0 Å². The summed E-state index contributed by atoms with van der Waals surface area (Å²) in [7, 11) is 0. The highest BCUT2D eigenvalue weighted by molar-refractivity contribution is 9.10. The molecule has 0 radical (unpaired) electrons. The van der Waals surface area contributed by atoms with Gasteiger partial charge in [0.2, 0.25) is 0 Å². The minimum absolute atomic E-state index is 0.255. The molecule has 0 unspecified atom stereocenters. The number of carbonyl (C=O) groups is 2. The zero-order chi connectivity index (χ0) is 19.4. The van der Waals surface area contributed by atoms with Crippen molar-refractivity contribution in [1.82, 2.24) is 0 Å². The predicted octanol–water partition coefficient (Wildman–Crippen LogP) is 6.34. The third-order valence-corrected chi connectivity index (χ3v) is 5.85. The Hall–Kier alpha value is -2.70. The lowest BCUT2D eigenvalue weighted by Gasteiger charge is -2.19. The van der Waals surface area contributed by atoms with Crippen molar-refractivity contribution in [3.63, 3.8) is 0 Å². The van der Waals surface area contributed by atoms with Gasteiger partial charge in [-0.3, -0.25) is 9.59 Å². The molecule has 2 amide bonds. The highest BCUT2D eigenvalue weighted by Gasteiger charge is 2.23. The van der Waals surface area contributed by atoms with E-state index in [1.807, 2.05) is 48.5 Å². The lowest BCUT2D eigenvalue weighted by atomic mass is 10.00. The van der Waals surface area contributed by atoms with Crippen LogP contribution in [0, 0.1) is 0 Å². The van der Waals surface area contributed by atoms with Crippen molar-refractivity contribution in [2.24, 2.45) is 0 Å². The molecule has 1 aliphatic rings. The van der Waals surface area contributed by atoms with E-state index in [0.29, 0.717) is 22.5 Å². The number of fused-ring (bicyclic) bond motifs is 4. The summed E-state index contributed by atoms with van der Waals surface area (Å²) in [5, 5.41) is 9.55. The summed E-state index contributed by atoms with van der Waals surface area (Å²) >= 11 is 6.91. The standard InChI is InChI=1S/C22H12Br2N2O2/c23-15-3-1-11-9-19-17(7-13(11)5-15)21(27)26-20-10-12-2-4-16(24)6-14(12)8-18(20)22(28)25-19/h1-10H,(H,25,28)(H,26,27). The maximum Gasteiger partial charge on any atom is 0.257 e. The molecule has 5 rings (SSSR count). The van der Waals surface area contributed by atoms with E-state index in [4.69, 9.17) is 0 Å². The Morgan fingerprint density at radius 1 is 0.536 bits per heavy atom. The van der Waals surface area contributed by atoms with Crippen LogP contribution in [-0.4, -0.2) is 11.8 Å². The van der Waals surface area contributed by atoms with Crippen LogP contribution in [0.15, 0.2) is 69.6 Å². The van der Waals surface area contributed by atoms with Crippen LogP contribution >= 0.6 is 31.9 Å². The van der Waals surface area contributed by atoms with Crippen molar-refractivity contribution in [2.75, 3.05) is 10.6 Å². The first-order valence-corrected chi connectivity index (χ1v) is 10.2. The number of amides is 2. The van der Waals surface area contributed by atoms with Gasteiger partial charge in [-0.05, 0) is 70.1 Å². The normalized spacial score (nSPS) is 13.4. The van der Waals surface area contributed by atoms with Crippen LogP contribution in [0.4, 0.5) is 11.4 Å². The fraction of sp³-hybridized carbons (Fsp3) is 0. The van der Waals surface area contributed by atoms with Gasteiger partial charge in [-0.25, -0.2) is 0 Å². The van der Waals surface area contributed by atoms with Crippen LogP contribution < -0.4 is 10.6 Å². The van der Waals surface area contributed by atoms with Gasteiger partial charge in [-0.15, -0.1) is 0 Å². The van der Waals surface area contributed by atoms with Gasteiger partial charge in [0.25, 0.3) is 11.8 Å². The highest BCUT2D eigenvalue weighted by atomic mass is 79.9. The van der Waals surface area contributed by atoms with Gasteiger partial charge in [0.15, 0.2) is 0 Å². The first-order valence-electron chi connectivity index (χ1n) is 8.57. The van der Waals surface area contributed by atoms with Crippen LogP contribution in [-0.2, 0) is 0 Å². The van der Waals surface area contributed by atoms with E-state index in [9.17, 15) is 9.59 Å². The molecule has 0 spiro atoms. The molecule has 0 aromatic heterocycles. The summed E-state index contributed by atoms with van der Waals surface area (Å²) in [5.74, 6) is -0.510. The second-order valence-electron chi connectivity index (χ2n) is 6.69. The van der Waals surface area contributed by atoms with Gasteiger partial charge in [0.1, 0.15) is 0 Å². The van der Waals surface area contributed by atoms with Crippen LogP contribution in [0.5, 0.6) is 0 Å². The van der Waals surface area contributed by atoms with E-state index in [-0.39, 0.29) is 11.8 Å². The Morgan fingerprint density at radius 3 is 1.39 bits per heavy atom. The predicted molar refractivity (Wildman–Crippen MR) is 119 cm³/mol. The third kappa shape index (κ3) is 2.89. The van der Waals surface area contributed by atoms with Crippen LogP contribution in [0.1, 0.15) is 20.7 Å². The topological polar surface area (TPSA) is 58.2 Å². The molecule has 1 aliphatic heterocycles. The van der Waals surface area contributed by atoms with E-state index in [1.54, 1.807) is 12.1 Å². The van der Waals surface area contributed by atoms with Crippen LogP contribution in [0.2, 0.25) is 0 Å². The van der Waals surface area contributed by atoms with E-state index < -0.39 is 0 Å². The van der Waals surface area contributed by atoms with Crippen molar-refractivity contribution in [1.29, 1.82) is 0 Å². The monoisotopic (exact) mass is 494 g/mol. The average Bonchev–Trinajstić information content (AvgIpc) is 2.66. The SMILES string of the molecule is O=C1Nc2cc3ccc(Br)cc3cc2C(=O)Nc2cc3ccc(Br)cc3cc21. The number of rotatable bonds is 0. The lowest BCUT2D eigenvalue weighted by Crippen LogP contribution is -2.24. The molecule has 136 valence electrons. The number of benzene rings is 4. The first-order chi connectivity index (χ1) is 13.5. The van der Waals surface area contributed by atoms with E-state index >= 15 is 0 Å². The Morgan fingerprint density at radius 2 is 0.964 bits per heavy atom. The average molecular weight is 496 g/mol. The molecule has 1 heterocycles. The van der Waals surface area contributed by atoms with Crippen LogP contribution in [0.25, 0.3) is 21.5 Å². The number of halogens is 2. The molecule has 0 saturated heterocycles. The van der Waals surface area contributed by atoms with E-state index in [1.165, 1.54) is 0 Å². The fourth-order valence-corrected chi connectivity index (χ4v) is 4.26. The second kappa shape index (κ2) is 6.43. The van der Waals surface area contributed by atoms with Crippen molar-refractivity contribution in [2.45, 2.75) is 0 Å². The molecular weight excluding hydrogens is 484 g/mol. The van der Waals surface area contributed by atoms with E-state index in [2.05, 4.69) is 42.5 Å². The Balaban J connectivity index is 1.70. The minimum Gasteiger partial charge on any atom is -0.321 e. The number of hydrogen-bond donors (Lipinski definition) is 2. The smallest absolute Gasteiger partial charge is 0.257 e.